The Balaban J connectivity index is 1.61. The first-order valence-electron chi connectivity index (χ1n) is 8.35. The predicted molar refractivity (Wildman–Crippen MR) is 101 cm³/mol. The van der Waals surface area contributed by atoms with Crippen molar-refractivity contribution in [1.82, 2.24) is 24.9 Å². The van der Waals surface area contributed by atoms with Crippen LogP contribution in [0.15, 0.2) is 42.7 Å². The Morgan fingerprint density at radius 2 is 2.15 bits per heavy atom. The second kappa shape index (κ2) is 7.20. The van der Waals surface area contributed by atoms with Gasteiger partial charge in [-0.1, -0.05) is 17.4 Å². The highest BCUT2D eigenvalue weighted by atomic mass is 32.1. The second-order valence-corrected chi connectivity index (χ2v) is 6.93. The summed E-state index contributed by atoms with van der Waals surface area (Å²) in [5, 5.41) is 23.5. The highest BCUT2D eigenvalue weighted by Crippen LogP contribution is 2.36. The van der Waals surface area contributed by atoms with Gasteiger partial charge in [-0.15, -0.1) is 10.2 Å². The smallest absolute Gasteiger partial charge is 0.407 e. The molecule has 3 aromatic rings. The molecule has 8 nitrogen and oxygen atoms in total. The number of rotatable bonds is 4. The first kappa shape index (κ1) is 17.2. The van der Waals surface area contributed by atoms with Gasteiger partial charge in [0.25, 0.3) is 0 Å². The summed E-state index contributed by atoms with van der Waals surface area (Å²) in [5.74, 6) is 0.695. The van der Waals surface area contributed by atoms with Gasteiger partial charge in [0.2, 0.25) is 0 Å². The van der Waals surface area contributed by atoms with Crippen LogP contribution in [0.4, 0.5) is 4.79 Å². The van der Waals surface area contributed by atoms with E-state index >= 15 is 0 Å². The average molecular weight is 383 g/mol. The molecule has 0 saturated carbocycles. The molecule has 138 valence electrons. The zero-order valence-electron chi connectivity index (χ0n) is 14.6. The van der Waals surface area contributed by atoms with Crippen molar-refractivity contribution >= 4 is 23.0 Å². The summed E-state index contributed by atoms with van der Waals surface area (Å²) < 4.78 is 7.31. The van der Waals surface area contributed by atoms with Crippen molar-refractivity contribution < 1.29 is 14.6 Å². The SMILES string of the molecule is COc1cc(-n2cccn2)ccc1-c1nnc(C2=CCN(C(=O)O)CC2)s1. The Bertz CT molecular complexity index is 996. The number of hydrogen-bond donors (Lipinski definition) is 1. The highest BCUT2D eigenvalue weighted by Gasteiger charge is 2.20. The standard InChI is InChI=1S/C18H17N5O3S/c1-26-15-11-13(23-8-2-7-19-23)3-4-14(15)17-21-20-16(27-17)12-5-9-22(10-6-12)18(24)25/h2-5,7-8,11H,6,9-10H2,1H3,(H,24,25). The zero-order chi connectivity index (χ0) is 18.8. The van der Waals surface area contributed by atoms with Crippen molar-refractivity contribution in [3.05, 3.63) is 47.7 Å². The van der Waals surface area contributed by atoms with E-state index < -0.39 is 6.09 Å². The van der Waals surface area contributed by atoms with Crippen molar-refractivity contribution in [1.29, 1.82) is 0 Å². The molecule has 1 amide bonds. The number of methoxy groups -OCH3 is 1. The molecule has 2 aromatic heterocycles. The maximum absolute atomic E-state index is 11.0. The number of amides is 1. The Labute approximate surface area is 159 Å². The van der Waals surface area contributed by atoms with Crippen molar-refractivity contribution in [2.45, 2.75) is 6.42 Å². The summed E-state index contributed by atoms with van der Waals surface area (Å²) in [4.78, 5) is 12.4. The van der Waals surface area contributed by atoms with Crippen molar-refractivity contribution in [3.8, 4) is 22.0 Å². The fraction of sp³-hybridized carbons (Fsp3) is 0.222. The van der Waals surface area contributed by atoms with E-state index in [-0.39, 0.29) is 0 Å². The van der Waals surface area contributed by atoms with Gasteiger partial charge in [0.1, 0.15) is 10.8 Å². The van der Waals surface area contributed by atoms with Crippen LogP contribution in [0.2, 0.25) is 0 Å². The fourth-order valence-electron chi connectivity index (χ4n) is 2.92. The summed E-state index contributed by atoms with van der Waals surface area (Å²) >= 11 is 1.48. The Kier molecular flexibility index (Phi) is 4.59. The molecule has 1 N–H and O–H groups in total. The lowest BCUT2D eigenvalue weighted by atomic mass is 10.1. The number of carboxylic acid groups (broad SMARTS) is 1. The quantitative estimate of drug-likeness (QED) is 0.744. The minimum Gasteiger partial charge on any atom is -0.496 e. The molecule has 0 saturated heterocycles. The topological polar surface area (TPSA) is 93.4 Å². The van der Waals surface area contributed by atoms with Crippen LogP contribution < -0.4 is 4.74 Å². The highest BCUT2D eigenvalue weighted by molar-refractivity contribution is 7.15. The van der Waals surface area contributed by atoms with Gasteiger partial charge in [-0.25, -0.2) is 9.48 Å². The third-order valence-corrected chi connectivity index (χ3v) is 5.40. The van der Waals surface area contributed by atoms with Gasteiger partial charge >= 0.3 is 6.09 Å². The van der Waals surface area contributed by atoms with Gasteiger partial charge in [-0.05, 0) is 30.2 Å². The van der Waals surface area contributed by atoms with E-state index in [2.05, 4.69) is 15.3 Å². The Morgan fingerprint density at radius 3 is 2.81 bits per heavy atom. The lowest BCUT2D eigenvalue weighted by Crippen LogP contribution is -2.33. The van der Waals surface area contributed by atoms with Gasteiger partial charge < -0.3 is 14.7 Å². The molecule has 27 heavy (non-hydrogen) atoms. The maximum atomic E-state index is 11.0. The number of carbonyl (C=O) groups is 1. The molecule has 1 aliphatic rings. The molecular formula is C18H17N5O3S. The molecule has 0 unspecified atom stereocenters. The zero-order valence-corrected chi connectivity index (χ0v) is 15.4. The van der Waals surface area contributed by atoms with Crippen molar-refractivity contribution in [3.63, 3.8) is 0 Å². The monoisotopic (exact) mass is 383 g/mol. The van der Waals surface area contributed by atoms with Crippen molar-refractivity contribution in [2.75, 3.05) is 20.2 Å². The maximum Gasteiger partial charge on any atom is 0.407 e. The minimum absolute atomic E-state index is 0.376. The number of nitrogens with zero attached hydrogens (tertiary/aromatic N) is 5. The van der Waals surface area contributed by atoms with Crippen LogP contribution in [0.1, 0.15) is 11.4 Å². The Hall–Kier alpha value is -3.20. The lowest BCUT2D eigenvalue weighted by Gasteiger charge is -2.22. The largest absolute Gasteiger partial charge is 0.496 e. The molecule has 3 heterocycles. The van der Waals surface area contributed by atoms with E-state index in [4.69, 9.17) is 9.84 Å². The molecule has 0 atom stereocenters. The predicted octanol–water partition coefficient (Wildman–Crippen LogP) is 3.17. The number of benzene rings is 1. The summed E-state index contributed by atoms with van der Waals surface area (Å²) in [7, 11) is 1.62. The van der Waals surface area contributed by atoms with Gasteiger partial charge in [-0.2, -0.15) is 5.10 Å². The molecular weight excluding hydrogens is 366 g/mol. The van der Waals surface area contributed by atoms with Crippen LogP contribution in [0, 0.1) is 0 Å². The summed E-state index contributed by atoms with van der Waals surface area (Å²) in [6.07, 6.45) is 5.23. The summed E-state index contributed by atoms with van der Waals surface area (Å²) in [6.45, 7) is 0.847. The van der Waals surface area contributed by atoms with Crippen LogP contribution in [-0.4, -0.2) is 56.3 Å². The van der Waals surface area contributed by atoms with E-state index in [0.717, 1.165) is 26.8 Å². The molecule has 0 fully saturated rings. The number of aromatic nitrogens is 4. The molecule has 0 radical (unpaired) electrons. The van der Waals surface area contributed by atoms with E-state index in [1.807, 2.05) is 36.5 Å². The first-order valence-corrected chi connectivity index (χ1v) is 9.16. The second-order valence-electron chi connectivity index (χ2n) is 5.96. The van der Waals surface area contributed by atoms with Gasteiger partial charge in [0.05, 0.1) is 18.4 Å². The van der Waals surface area contributed by atoms with Gasteiger partial charge in [0, 0.05) is 31.5 Å². The minimum atomic E-state index is -0.898. The molecule has 1 aromatic carbocycles. The molecule has 0 aliphatic carbocycles. The third kappa shape index (κ3) is 3.41. The molecule has 4 rings (SSSR count). The van der Waals surface area contributed by atoms with Crippen molar-refractivity contribution in [2.24, 2.45) is 0 Å². The van der Waals surface area contributed by atoms with E-state index in [1.165, 1.54) is 16.2 Å². The normalized spacial score (nSPS) is 14.1. The summed E-state index contributed by atoms with van der Waals surface area (Å²) in [6, 6.07) is 7.67. The van der Waals surface area contributed by atoms with Gasteiger partial charge in [0.15, 0.2) is 5.01 Å². The average Bonchev–Trinajstić information content (AvgIpc) is 3.40. The molecule has 9 heteroatoms. The number of ether oxygens (including phenoxy) is 1. The van der Waals surface area contributed by atoms with E-state index in [1.54, 1.807) is 18.0 Å². The van der Waals surface area contributed by atoms with Crippen LogP contribution in [-0.2, 0) is 0 Å². The van der Waals surface area contributed by atoms with Crippen LogP contribution >= 0.6 is 11.3 Å². The molecule has 0 bridgehead atoms. The van der Waals surface area contributed by atoms with Crippen LogP contribution in [0.5, 0.6) is 5.75 Å². The number of hydrogen-bond acceptors (Lipinski definition) is 6. The summed E-state index contributed by atoms with van der Waals surface area (Å²) in [5.41, 5.74) is 2.79. The first-order chi connectivity index (χ1) is 13.2. The molecule has 0 spiro atoms. The van der Waals surface area contributed by atoms with E-state index in [0.29, 0.717) is 25.3 Å². The fourth-order valence-corrected chi connectivity index (χ4v) is 3.86. The third-order valence-electron chi connectivity index (χ3n) is 4.36. The van der Waals surface area contributed by atoms with Crippen LogP contribution in [0.25, 0.3) is 21.8 Å². The Morgan fingerprint density at radius 1 is 1.30 bits per heavy atom. The van der Waals surface area contributed by atoms with E-state index in [9.17, 15) is 4.79 Å². The lowest BCUT2D eigenvalue weighted by molar-refractivity contribution is 0.150. The van der Waals surface area contributed by atoms with Crippen LogP contribution in [0.3, 0.4) is 0 Å². The molecule has 1 aliphatic heterocycles. The van der Waals surface area contributed by atoms with Gasteiger partial charge in [-0.3, -0.25) is 0 Å².